The number of nitrogens with zero attached hydrogens (tertiary/aromatic N) is 2. The predicted octanol–water partition coefficient (Wildman–Crippen LogP) is 4.33. The summed E-state index contributed by atoms with van der Waals surface area (Å²) in [5.41, 5.74) is -0.172. The molecule has 1 saturated carbocycles. The number of hydrogen-bond donors (Lipinski definition) is 2. The average Bonchev–Trinajstić information content (AvgIpc) is 3.28. The van der Waals surface area contributed by atoms with E-state index in [0.717, 1.165) is 42.8 Å². The molecule has 2 aromatic rings. The Hall–Kier alpha value is -1.96. The highest BCUT2D eigenvalue weighted by molar-refractivity contribution is 8.00. The Kier molecular flexibility index (Phi) is 6.24. The number of hydrogen-bond acceptors (Lipinski definition) is 4. The summed E-state index contributed by atoms with van der Waals surface area (Å²) in [4.78, 5) is 16.6. The highest BCUT2D eigenvalue weighted by Gasteiger charge is 2.20. The van der Waals surface area contributed by atoms with Gasteiger partial charge in [-0.15, -0.1) is 5.10 Å². The second-order valence-corrected chi connectivity index (χ2v) is 7.94. The van der Waals surface area contributed by atoms with Gasteiger partial charge in [0, 0.05) is 12.5 Å². The number of rotatable bonds is 7. The molecule has 1 fully saturated rings. The number of aromatic amines is 1. The largest absolute Gasteiger partial charge is 0.323 e. The minimum atomic E-state index is -0.677. The van der Waals surface area contributed by atoms with Crippen molar-refractivity contribution in [3.8, 4) is 0 Å². The number of amides is 1. The Labute approximate surface area is 155 Å². The minimum absolute atomic E-state index is 0.172. The molecule has 140 valence electrons. The van der Waals surface area contributed by atoms with Crippen LogP contribution in [0.5, 0.6) is 0 Å². The molecule has 1 aliphatic carbocycles. The molecule has 5 nitrogen and oxygen atoms in total. The van der Waals surface area contributed by atoms with E-state index in [1.54, 1.807) is 6.92 Å². The molecule has 26 heavy (non-hydrogen) atoms. The number of aromatic nitrogens is 3. The fourth-order valence-corrected chi connectivity index (χ4v) is 3.86. The van der Waals surface area contributed by atoms with E-state index in [0.29, 0.717) is 5.16 Å². The first-order valence-corrected chi connectivity index (χ1v) is 9.73. The van der Waals surface area contributed by atoms with E-state index in [2.05, 4.69) is 20.5 Å². The molecule has 0 unspecified atom stereocenters. The third-order valence-corrected chi connectivity index (χ3v) is 5.57. The van der Waals surface area contributed by atoms with Crippen molar-refractivity contribution in [3.05, 3.63) is 35.7 Å². The quantitative estimate of drug-likeness (QED) is 0.702. The van der Waals surface area contributed by atoms with Crippen LogP contribution in [0, 0.1) is 17.6 Å². The Morgan fingerprint density at radius 1 is 1.38 bits per heavy atom. The summed E-state index contributed by atoms with van der Waals surface area (Å²) in [5, 5.41) is 9.39. The van der Waals surface area contributed by atoms with Gasteiger partial charge in [-0.3, -0.25) is 9.89 Å². The normalized spacial score (nSPS) is 16.0. The highest BCUT2D eigenvalue weighted by atomic mass is 32.2. The second-order valence-electron chi connectivity index (χ2n) is 6.63. The Morgan fingerprint density at radius 2 is 2.15 bits per heavy atom. The smallest absolute Gasteiger partial charge is 0.237 e. The molecule has 3 rings (SSSR count). The molecule has 1 aromatic carbocycles. The molecule has 0 aliphatic heterocycles. The van der Waals surface area contributed by atoms with Crippen molar-refractivity contribution in [1.82, 2.24) is 15.2 Å². The zero-order valence-electron chi connectivity index (χ0n) is 14.6. The molecular weight excluding hydrogens is 358 g/mol. The van der Waals surface area contributed by atoms with Crippen molar-refractivity contribution in [2.24, 2.45) is 5.92 Å². The van der Waals surface area contributed by atoms with Gasteiger partial charge >= 0.3 is 0 Å². The van der Waals surface area contributed by atoms with E-state index in [1.165, 1.54) is 37.4 Å². The maximum atomic E-state index is 13.6. The highest BCUT2D eigenvalue weighted by Crippen LogP contribution is 2.28. The minimum Gasteiger partial charge on any atom is -0.323 e. The van der Waals surface area contributed by atoms with Gasteiger partial charge in [0.15, 0.2) is 0 Å². The van der Waals surface area contributed by atoms with Gasteiger partial charge in [0.05, 0.1) is 10.9 Å². The van der Waals surface area contributed by atoms with Crippen LogP contribution in [0.1, 0.15) is 44.9 Å². The number of anilines is 1. The predicted molar refractivity (Wildman–Crippen MR) is 97.0 cm³/mol. The maximum absolute atomic E-state index is 13.6. The van der Waals surface area contributed by atoms with Gasteiger partial charge in [-0.2, -0.15) is 0 Å². The zero-order valence-corrected chi connectivity index (χ0v) is 15.4. The first kappa shape index (κ1) is 18.8. The third-order valence-electron chi connectivity index (χ3n) is 4.61. The van der Waals surface area contributed by atoms with Crippen LogP contribution < -0.4 is 5.32 Å². The van der Waals surface area contributed by atoms with Crippen molar-refractivity contribution < 1.29 is 13.6 Å². The topological polar surface area (TPSA) is 70.7 Å². The van der Waals surface area contributed by atoms with Crippen molar-refractivity contribution in [2.45, 2.75) is 55.9 Å². The van der Waals surface area contributed by atoms with Crippen LogP contribution >= 0.6 is 11.8 Å². The summed E-state index contributed by atoms with van der Waals surface area (Å²) in [5.74, 6) is -0.117. The lowest BCUT2D eigenvalue weighted by atomic mass is 10.0. The average molecular weight is 380 g/mol. The molecule has 0 saturated heterocycles. The number of thioether (sulfide) groups is 1. The van der Waals surface area contributed by atoms with Crippen LogP contribution in [0.25, 0.3) is 0 Å². The van der Waals surface area contributed by atoms with Gasteiger partial charge in [0.1, 0.15) is 17.5 Å². The van der Waals surface area contributed by atoms with E-state index in [1.807, 2.05) is 0 Å². The molecule has 1 atom stereocenters. The lowest BCUT2D eigenvalue weighted by Crippen LogP contribution is -2.23. The molecule has 1 aliphatic rings. The summed E-state index contributed by atoms with van der Waals surface area (Å²) in [6, 6.07) is 2.94. The first-order chi connectivity index (χ1) is 12.5. The van der Waals surface area contributed by atoms with E-state index in [9.17, 15) is 13.6 Å². The standard InChI is InChI=1S/C18H22F2N4OS/c1-11(17(25)21-15-10-13(19)7-8-14(15)20)26-18-22-16(23-24-18)9-6-12-4-2-3-5-12/h7-8,10-12H,2-6,9H2,1H3,(H,21,25)(H,22,23,24)/t11-/m1/s1. The van der Waals surface area contributed by atoms with Crippen LogP contribution in [-0.4, -0.2) is 26.3 Å². The Morgan fingerprint density at radius 3 is 2.92 bits per heavy atom. The molecule has 1 aromatic heterocycles. The van der Waals surface area contributed by atoms with Gasteiger partial charge in [0.2, 0.25) is 11.1 Å². The monoisotopic (exact) mass is 380 g/mol. The van der Waals surface area contributed by atoms with Crippen molar-refractivity contribution in [3.63, 3.8) is 0 Å². The van der Waals surface area contributed by atoms with Crippen LogP contribution in [0.2, 0.25) is 0 Å². The fraction of sp³-hybridized carbons (Fsp3) is 0.500. The number of nitrogens with one attached hydrogen (secondary N) is 2. The SMILES string of the molecule is C[C@@H](Sc1n[nH]c(CCC2CCCC2)n1)C(=O)Nc1cc(F)ccc1F. The molecule has 0 radical (unpaired) electrons. The summed E-state index contributed by atoms with van der Waals surface area (Å²) in [7, 11) is 0. The lowest BCUT2D eigenvalue weighted by Gasteiger charge is -2.10. The van der Waals surface area contributed by atoms with Gasteiger partial charge < -0.3 is 5.32 Å². The maximum Gasteiger partial charge on any atom is 0.237 e. The third kappa shape index (κ3) is 5.03. The molecule has 1 heterocycles. The Balaban J connectivity index is 1.51. The number of benzene rings is 1. The zero-order chi connectivity index (χ0) is 18.5. The molecule has 0 spiro atoms. The van der Waals surface area contributed by atoms with Crippen LogP contribution in [0.3, 0.4) is 0 Å². The van der Waals surface area contributed by atoms with Crippen molar-refractivity contribution >= 4 is 23.4 Å². The summed E-state index contributed by atoms with van der Waals surface area (Å²) < 4.78 is 26.8. The molecule has 8 heteroatoms. The van der Waals surface area contributed by atoms with Gasteiger partial charge in [-0.05, 0) is 31.4 Å². The fourth-order valence-electron chi connectivity index (χ4n) is 3.12. The van der Waals surface area contributed by atoms with Crippen LogP contribution in [-0.2, 0) is 11.2 Å². The number of H-pyrrole nitrogens is 1. The second kappa shape index (κ2) is 8.62. The summed E-state index contributed by atoms with van der Waals surface area (Å²) >= 11 is 1.18. The lowest BCUT2D eigenvalue weighted by molar-refractivity contribution is -0.115. The van der Waals surface area contributed by atoms with Crippen molar-refractivity contribution in [2.75, 3.05) is 5.32 Å². The molecule has 1 amide bonds. The van der Waals surface area contributed by atoms with E-state index >= 15 is 0 Å². The number of carbonyl (C=O) groups is 1. The van der Waals surface area contributed by atoms with Crippen LogP contribution in [0.4, 0.5) is 14.5 Å². The van der Waals surface area contributed by atoms with Gasteiger partial charge in [-0.25, -0.2) is 13.8 Å². The first-order valence-electron chi connectivity index (χ1n) is 8.85. The Bertz CT molecular complexity index is 761. The van der Waals surface area contributed by atoms with E-state index in [-0.39, 0.29) is 5.69 Å². The van der Waals surface area contributed by atoms with Crippen molar-refractivity contribution in [1.29, 1.82) is 0 Å². The summed E-state index contributed by atoms with van der Waals surface area (Å²) in [6.07, 6.45) is 7.19. The number of aryl methyl sites for hydroxylation is 1. The van der Waals surface area contributed by atoms with E-state index in [4.69, 9.17) is 0 Å². The van der Waals surface area contributed by atoms with Gasteiger partial charge in [-0.1, -0.05) is 37.4 Å². The van der Waals surface area contributed by atoms with Gasteiger partial charge in [0.25, 0.3) is 0 Å². The van der Waals surface area contributed by atoms with E-state index < -0.39 is 22.8 Å². The number of carbonyl (C=O) groups excluding carboxylic acids is 1. The molecular formula is C18H22F2N4OS. The molecule has 2 N–H and O–H groups in total. The summed E-state index contributed by atoms with van der Waals surface area (Å²) in [6.45, 7) is 1.67. The van der Waals surface area contributed by atoms with Crippen LogP contribution in [0.15, 0.2) is 23.4 Å². The number of halogens is 2. The molecule has 0 bridgehead atoms.